The fraction of sp³-hybridized carbons (Fsp3) is 0.500. The molecule has 106 valence electrons. The van der Waals surface area contributed by atoms with Crippen molar-refractivity contribution >= 4 is 28.8 Å². The van der Waals surface area contributed by atoms with Crippen molar-refractivity contribution in [2.24, 2.45) is 0 Å². The Balaban J connectivity index is 2.27. The predicted octanol–water partition coefficient (Wildman–Crippen LogP) is 0.559. The van der Waals surface area contributed by atoms with Gasteiger partial charge in [0.1, 0.15) is 0 Å². The van der Waals surface area contributed by atoms with Crippen LogP contribution in [0.3, 0.4) is 0 Å². The molecule has 1 rings (SSSR count). The van der Waals surface area contributed by atoms with E-state index in [0.29, 0.717) is 19.7 Å². The lowest BCUT2D eigenvalue weighted by Crippen LogP contribution is -2.35. The molecule has 0 unspecified atom stereocenters. The Hall–Kier alpha value is -1.44. The van der Waals surface area contributed by atoms with Crippen molar-refractivity contribution in [2.75, 3.05) is 32.1 Å². The number of carbonyl (C=O) groups excluding carboxylic acids is 2. The van der Waals surface area contributed by atoms with Crippen LogP contribution in [-0.2, 0) is 20.9 Å². The van der Waals surface area contributed by atoms with Crippen LogP contribution in [-0.4, -0.2) is 38.6 Å². The van der Waals surface area contributed by atoms with Gasteiger partial charge in [-0.05, 0) is 11.4 Å². The first-order chi connectivity index (χ1) is 9.13. The van der Waals surface area contributed by atoms with Crippen LogP contribution in [0.1, 0.15) is 11.8 Å². The molecule has 0 aliphatic carbocycles. The van der Waals surface area contributed by atoms with Crippen molar-refractivity contribution in [3.05, 3.63) is 16.3 Å². The third-order valence-corrected chi connectivity index (χ3v) is 3.18. The van der Waals surface area contributed by atoms with Gasteiger partial charge in [-0.25, -0.2) is 0 Å². The lowest BCUT2D eigenvalue weighted by atomic mass is 10.3. The lowest BCUT2D eigenvalue weighted by Gasteiger charge is -2.07. The maximum absolute atomic E-state index is 11.4. The van der Waals surface area contributed by atoms with E-state index in [1.807, 2.05) is 11.4 Å². The summed E-state index contributed by atoms with van der Waals surface area (Å²) in [5, 5.41) is 10.4. The molecule has 1 aromatic rings. The Labute approximate surface area is 116 Å². The number of nitrogens with one attached hydrogen (secondary N) is 3. The van der Waals surface area contributed by atoms with Crippen LogP contribution in [0.2, 0.25) is 0 Å². The molecule has 0 radical (unpaired) electrons. The molecule has 0 spiro atoms. The van der Waals surface area contributed by atoms with Gasteiger partial charge in [0.25, 0.3) is 0 Å². The minimum absolute atomic E-state index is 0.0744. The summed E-state index contributed by atoms with van der Waals surface area (Å²) in [5.41, 5.74) is 0.796. The predicted molar refractivity (Wildman–Crippen MR) is 75.2 cm³/mol. The highest BCUT2D eigenvalue weighted by molar-refractivity contribution is 7.10. The SMILES string of the molecule is COCCNC(=O)CNCc1sccc1NC(C)=O. The van der Waals surface area contributed by atoms with Crippen molar-refractivity contribution in [2.45, 2.75) is 13.5 Å². The number of hydrogen-bond donors (Lipinski definition) is 3. The quantitative estimate of drug-likeness (QED) is 0.610. The van der Waals surface area contributed by atoms with E-state index in [2.05, 4.69) is 16.0 Å². The van der Waals surface area contributed by atoms with Gasteiger partial charge in [0.2, 0.25) is 11.8 Å². The van der Waals surface area contributed by atoms with E-state index in [1.54, 1.807) is 7.11 Å². The van der Waals surface area contributed by atoms with Crippen LogP contribution < -0.4 is 16.0 Å². The Morgan fingerprint density at radius 3 is 2.89 bits per heavy atom. The third-order valence-electron chi connectivity index (χ3n) is 2.26. The lowest BCUT2D eigenvalue weighted by molar-refractivity contribution is -0.120. The summed E-state index contributed by atoms with van der Waals surface area (Å²) in [6.07, 6.45) is 0. The first kappa shape index (κ1) is 15.6. The third kappa shape index (κ3) is 6.32. The number of methoxy groups -OCH3 is 1. The molecular weight excluding hydrogens is 266 g/mol. The van der Waals surface area contributed by atoms with Gasteiger partial charge in [0, 0.05) is 32.0 Å². The number of thiophene rings is 1. The monoisotopic (exact) mass is 285 g/mol. The fourth-order valence-corrected chi connectivity index (χ4v) is 2.22. The summed E-state index contributed by atoms with van der Waals surface area (Å²) >= 11 is 1.54. The molecule has 0 saturated carbocycles. The zero-order valence-electron chi connectivity index (χ0n) is 11.1. The van der Waals surface area contributed by atoms with Crippen LogP contribution in [0.4, 0.5) is 5.69 Å². The molecular formula is C12H19N3O3S. The summed E-state index contributed by atoms with van der Waals surface area (Å²) in [6, 6.07) is 1.85. The highest BCUT2D eigenvalue weighted by atomic mass is 32.1. The second kappa shape index (κ2) is 8.63. The smallest absolute Gasteiger partial charge is 0.234 e. The fourth-order valence-electron chi connectivity index (χ4n) is 1.42. The second-order valence-corrected chi connectivity index (χ2v) is 4.89. The van der Waals surface area contributed by atoms with Crippen LogP contribution >= 0.6 is 11.3 Å². The van der Waals surface area contributed by atoms with Crippen LogP contribution in [0.5, 0.6) is 0 Å². The molecule has 1 aromatic heterocycles. The number of carbonyl (C=O) groups is 2. The summed E-state index contributed by atoms with van der Waals surface area (Å²) in [4.78, 5) is 23.4. The van der Waals surface area contributed by atoms with Crippen molar-refractivity contribution in [3.63, 3.8) is 0 Å². The largest absolute Gasteiger partial charge is 0.383 e. The molecule has 0 aliphatic heterocycles. The Bertz CT molecular complexity index is 420. The van der Waals surface area contributed by atoms with Gasteiger partial charge >= 0.3 is 0 Å². The van der Waals surface area contributed by atoms with E-state index in [0.717, 1.165) is 10.6 Å². The number of anilines is 1. The molecule has 0 saturated heterocycles. The van der Waals surface area contributed by atoms with Gasteiger partial charge in [0.05, 0.1) is 18.8 Å². The summed E-state index contributed by atoms with van der Waals surface area (Å²) in [5.74, 6) is -0.174. The molecule has 19 heavy (non-hydrogen) atoms. The van der Waals surface area contributed by atoms with Crippen LogP contribution in [0.25, 0.3) is 0 Å². The van der Waals surface area contributed by atoms with Crippen molar-refractivity contribution < 1.29 is 14.3 Å². The molecule has 0 bridgehead atoms. The average molecular weight is 285 g/mol. The van der Waals surface area contributed by atoms with E-state index in [-0.39, 0.29) is 18.4 Å². The van der Waals surface area contributed by atoms with Gasteiger partial charge in [-0.15, -0.1) is 11.3 Å². The zero-order chi connectivity index (χ0) is 14.1. The van der Waals surface area contributed by atoms with E-state index >= 15 is 0 Å². The van der Waals surface area contributed by atoms with Crippen LogP contribution in [0.15, 0.2) is 11.4 Å². The Kier molecular flexibility index (Phi) is 7.09. The molecule has 0 fully saturated rings. The van der Waals surface area contributed by atoms with Gasteiger partial charge in [0.15, 0.2) is 0 Å². The standard InChI is InChI=1S/C12H19N3O3S/c1-9(16)15-10-3-6-19-11(10)7-13-8-12(17)14-4-5-18-2/h3,6,13H,4-5,7-8H2,1-2H3,(H,14,17)(H,15,16). The summed E-state index contributed by atoms with van der Waals surface area (Å²) < 4.78 is 4.83. The molecule has 1 heterocycles. The van der Waals surface area contributed by atoms with Crippen molar-refractivity contribution in [3.8, 4) is 0 Å². The zero-order valence-corrected chi connectivity index (χ0v) is 11.9. The Morgan fingerprint density at radius 1 is 1.42 bits per heavy atom. The van der Waals surface area contributed by atoms with Gasteiger partial charge in [-0.2, -0.15) is 0 Å². The maximum Gasteiger partial charge on any atom is 0.234 e. The minimum atomic E-state index is -0.100. The first-order valence-corrected chi connectivity index (χ1v) is 6.81. The average Bonchev–Trinajstić information content (AvgIpc) is 2.76. The number of amides is 2. The molecule has 0 aromatic carbocycles. The Morgan fingerprint density at radius 2 is 2.21 bits per heavy atom. The number of hydrogen-bond acceptors (Lipinski definition) is 5. The normalized spacial score (nSPS) is 10.2. The van der Waals surface area contributed by atoms with Crippen molar-refractivity contribution in [1.29, 1.82) is 0 Å². The van der Waals surface area contributed by atoms with Gasteiger partial charge in [-0.3, -0.25) is 9.59 Å². The van der Waals surface area contributed by atoms with Gasteiger partial charge < -0.3 is 20.7 Å². The van der Waals surface area contributed by atoms with Crippen molar-refractivity contribution in [1.82, 2.24) is 10.6 Å². The molecule has 0 aliphatic rings. The van der Waals surface area contributed by atoms with Crippen LogP contribution in [0, 0.1) is 0 Å². The molecule has 2 amide bonds. The maximum atomic E-state index is 11.4. The minimum Gasteiger partial charge on any atom is -0.383 e. The van der Waals surface area contributed by atoms with E-state index in [4.69, 9.17) is 4.74 Å². The first-order valence-electron chi connectivity index (χ1n) is 5.93. The second-order valence-electron chi connectivity index (χ2n) is 3.88. The number of ether oxygens (including phenoxy) is 1. The van der Waals surface area contributed by atoms with Gasteiger partial charge in [-0.1, -0.05) is 0 Å². The molecule has 7 heteroatoms. The molecule has 0 atom stereocenters. The highest BCUT2D eigenvalue weighted by Crippen LogP contribution is 2.21. The number of rotatable bonds is 8. The molecule has 6 nitrogen and oxygen atoms in total. The summed E-state index contributed by atoms with van der Waals surface area (Å²) in [6.45, 7) is 3.26. The highest BCUT2D eigenvalue weighted by Gasteiger charge is 2.06. The molecule has 3 N–H and O–H groups in total. The van der Waals surface area contributed by atoms with E-state index in [1.165, 1.54) is 18.3 Å². The van der Waals surface area contributed by atoms with E-state index < -0.39 is 0 Å². The van der Waals surface area contributed by atoms with E-state index in [9.17, 15) is 9.59 Å². The summed E-state index contributed by atoms with van der Waals surface area (Å²) in [7, 11) is 1.59. The topological polar surface area (TPSA) is 79.5 Å².